The molecule has 1 aliphatic rings. The SMILES string of the molecule is C=C1C=COc2nccnc21.CCC. The molecule has 0 radical (unpaired) electrons. The number of nitrogens with zero attached hydrogens (tertiary/aromatic N) is 2. The zero-order valence-electron chi connectivity index (χ0n) is 8.53. The molecule has 3 nitrogen and oxygen atoms in total. The highest BCUT2D eigenvalue weighted by Crippen LogP contribution is 2.24. The molecule has 14 heavy (non-hydrogen) atoms. The van der Waals surface area contributed by atoms with E-state index in [0.29, 0.717) is 5.88 Å². The number of rotatable bonds is 0. The van der Waals surface area contributed by atoms with Crippen LogP contribution in [0.4, 0.5) is 0 Å². The monoisotopic (exact) mass is 190 g/mol. The fourth-order valence-corrected chi connectivity index (χ4v) is 0.891. The van der Waals surface area contributed by atoms with E-state index < -0.39 is 0 Å². The van der Waals surface area contributed by atoms with Crippen molar-refractivity contribution in [1.29, 1.82) is 0 Å². The van der Waals surface area contributed by atoms with Gasteiger partial charge in [-0.2, -0.15) is 0 Å². The van der Waals surface area contributed by atoms with Gasteiger partial charge in [-0.15, -0.1) is 0 Å². The van der Waals surface area contributed by atoms with Crippen molar-refractivity contribution in [1.82, 2.24) is 9.97 Å². The van der Waals surface area contributed by atoms with Crippen LogP contribution in [0.3, 0.4) is 0 Å². The van der Waals surface area contributed by atoms with Gasteiger partial charge < -0.3 is 4.74 Å². The maximum atomic E-state index is 5.08. The van der Waals surface area contributed by atoms with E-state index in [9.17, 15) is 0 Å². The van der Waals surface area contributed by atoms with Crippen molar-refractivity contribution in [2.75, 3.05) is 0 Å². The molecule has 0 amide bonds. The van der Waals surface area contributed by atoms with Crippen molar-refractivity contribution >= 4 is 5.57 Å². The lowest BCUT2D eigenvalue weighted by molar-refractivity contribution is 0.452. The highest BCUT2D eigenvalue weighted by atomic mass is 16.5. The van der Waals surface area contributed by atoms with Gasteiger partial charge in [-0.3, -0.25) is 0 Å². The first kappa shape index (κ1) is 10.4. The van der Waals surface area contributed by atoms with Crippen LogP contribution in [-0.2, 0) is 0 Å². The highest BCUT2D eigenvalue weighted by molar-refractivity contribution is 5.73. The van der Waals surface area contributed by atoms with E-state index in [-0.39, 0.29) is 0 Å². The Morgan fingerprint density at radius 1 is 1.29 bits per heavy atom. The molecule has 1 aromatic rings. The fourth-order valence-electron chi connectivity index (χ4n) is 0.891. The van der Waals surface area contributed by atoms with Gasteiger partial charge in [0.25, 0.3) is 0 Å². The van der Waals surface area contributed by atoms with Crippen LogP contribution in [0.15, 0.2) is 31.3 Å². The Morgan fingerprint density at radius 3 is 2.57 bits per heavy atom. The third-order valence-corrected chi connectivity index (χ3v) is 1.42. The zero-order chi connectivity index (χ0) is 10.4. The molecule has 2 rings (SSSR count). The lowest BCUT2D eigenvalue weighted by atomic mass is 10.2. The molecule has 0 atom stereocenters. The molecule has 3 heteroatoms. The van der Waals surface area contributed by atoms with E-state index in [0.717, 1.165) is 11.3 Å². The van der Waals surface area contributed by atoms with Gasteiger partial charge in [-0.25, -0.2) is 9.97 Å². The van der Waals surface area contributed by atoms with Crippen LogP contribution in [0.1, 0.15) is 26.0 Å². The summed E-state index contributed by atoms with van der Waals surface area (Å²) in [5.41, 5.74) is 1.55. The quantitative estimate of drug-likeness (QED) is 0.631. The molecule has 0 aromatic carbocycles. The molecule has 0 spiro atoms. The minimum Gasteiger partial charge on any atom is -0.445 e. The topological polar surface area (TPSA) is 35.0 Å². The lowest BCUT2D eigenvalue weighted by Crippen LogP contribution is -1.99. The summed E-state index contributed by atoms with van der Waals surface area (Å²) >= 11 is 0. The summed E-state index contributed by atoms with van der Waals surface area (Å²) < 4.78 is 5.08. The zero-order valence-corrected chi connectivity index (χ0v) is 8.53. The summed E-state index contributed by atoms with van der Waals surface area (Å²) in [6.07, 6.45) is 7.77. The van der Waals surface area contributed by atoms with Crippen LogP contribution >= 0.6 is 0 Å². The lowest BCUT2D eigenvalue weighted by Gasteiger charge is -2.09. The van der Waals surface area contributed by atoms with Crippen molar-refractivity contribution in [3.63, 3.8) is 0 Å². The molecule has 0 saturated carbocycles. The Kier molecular flexibility index (Phi) is 3.85. The second-order valence-corrected chi connectivity index (χ2v) is 2.86. The van der Waals surface area contributed by atoms with E-state index >= 15 is 0 Å². The molecule has 0 saturated heterocycles. The average Bonchev–Trinajstić information content (AvgIpc) is 2.20. The van der Waals surface area contributed by atoms with Gasteiger partial charge in [0.15, 0.2) is 0 Å². The minimum atomic E-state index is 0.528. The number of ether oxygens (including phenoxy) is 1. The number of hydrogen-bond acceptors (Lipinski definition) is 3. The predicted octanol–water partition coefficient (Wildman–Crippen LogP) is 2.81. The van der Waals surface area contributed by atoms with Gasteiger partial charge >= 0.3 is 0 Å². The molecular formula is C11H14N2O. The maximum Gasteiger partial charge on any atom is 0.245 e. The van der Waals surface area contributed by atoms with Crippen molar-refractivity contribution < 1.29 is 4.74 Å². The maximum absolute atomic E-state index is 5.08. The highest BCUT2D eigenvalue weighted by Gasteiger charge is 2.10. The predicted molar refractivity (Wildman–Crippen MR) is 56.8 cm³/mol. The first-order valence-electron chi connectivity index (χ1n) is 4.63. The van der Waals surface area contributed by atoms with Gasteiger partial charge in [-0.1, -0.05) is 26.8 Å². The Labute approximate surface area is 84.2 Å². The molecule has 0 unspecified atom stereocenters. The summed E-state index contributed by atoms with van der Waals surface area (Å²) in [6, 6.07) is 0. The van der Waals surface area contributed by atoms with E-state index in [1.807, 2.05) is 0 Å². The Balaban J connectivity index is 0.000000293. The minimum absolute atomic E-state index is 0.528. The van der Waals surface area contributed by atoms with Crippen molar-refractivity contribution in [3.05, 3.63) is 37.0 Å². The first-order chi connectivity index (χ1) is 6.79. The number of aromatic nitrogens is 2. The van der Waals surface area contributed by atoms with Gasteiger partial charge in [0, 0.05) is 18.0 Å². The average molecular weight is 190 g/mol. The van der Waals surface area contributed by atoms with Crippen molar-refractivity contribution in [2.45, 2.75) is 20.3 Å². The van der Waals surface area contributed by atoms with Crippen LogP contribution < -0.4 is 4.74 Å². The summed E-state index contributed by atoms with van der Waals surface area (Å²) in [7, 11) is 0. The second-order valence-electron chi connectivity index (χ2n) is 2.86. The Bertz CT molecular complexity index is 345. The summed E-state index contributed by atoms with van der Waals surface area (Å²) in [6.45, 7) is 8.04. The van der Waals surface area contributed by atoms with Crippen molar-refractivity contribution in [3.8, 4) is 5.88 Å². The van der Waals surface area contributed by atoms with Crippen LogP contribution in [0.25, 0.3) is 5.57 Å². The molecule has 0 N–H and O–H groups in total. The molecular weight excluding hydrogens is 176 g/mol. The molecule has 74 valence electrons. The third kappa shape index (κ3) is 2.42. The van der Waals surface area contributed by atoms with Gasteiger partial charge in [0.1, 0.15) is 5.69 Å². The Hall–Kier alpha value is -1.64. The molecule has 0 fully saturated rings. The van der Waals surface area contributed by atoms with E-state index in [2.05, 4.69) is 30.4 Å². The summed E-state index contributed by atoms with van der Waals surface area (Å²) in [5, 5.41) is 0. The van der Waals surface area contributed by atoms with Crippen LogP contribution in [0, 0.1) is 0 Å². The standard InChI is InChI=1S/C8H6N2O.C3H8/c1-6-2-5-11-8-7(6)9-3-4-10-8;1-3-2/h2-5H,1H2;3H2,1-2H3. The normalized spacial score (nSPS) is 12.3. The van der Waals surface area contributed by atoms with E-state index in [1.165, 1.54) is 6.42 Å². The summed E-state index contributed by atoms with van der Waals surface area (Å²) in [4.78, 5) is 8.03. The van der Waals surface area contributed by atoms with E-state index in [1.54, 1.807) is 24.7 Å². The van der Waals surface area contributed by atoms with Gasteiger partial charge in [0.05, 0.1) is 6.26 Å². The molecule has 1 aromatic heterocycles. The van der Waals surface area contributed by atoms with Crippen LogP contribution in [-0.4, -0.2) is 9.97 Å². The molecule has 0 bridgehead atoms. The fraction of sp³-hybridized carbons (Fsp3) is 0.273. The Morgan fingerprint density at radius 2 is 1.93 bits per heavy atom. The van der Waals surface area contributed by atoms with Gasteiger partial charge in [0.2, 0.25) is 5.88 Å². The van der Waals surface area contributed by atoms with E-state index in [4.69, 9.17) is 4.74 Å². The van der Waals surface area contributed by atoms with Crippen LogP contribution in [0.2, 0.25) is 0 Å². The van der Waals surface area contributed by atoms with Gasteiger partial charge in [-0.05, 0) is 6.08 Å². The second kappa shape index (κ2) is 5.17. The van der Waals surface area contributed by atoms with Crippen LogP contribution in [0.5, 0.6) is 5.88 Å². The number of fused-ring (bicyclic) bond motifs is 1. The number of hydrogen-bond donors (Lipinski definition) is 0. The molecule has 2 heterocycles. The van der Waals surface area contributed by atoms with Crippen molar-refractivity contribution in [2.24, 2.45) is 0 Å². The largest absolute Gasteiger partial charge is 0.445 e. The molecule has 1 aliphatic heterocycles. The third-order valence-electron chi connectivity index (χ3n) is 1.42. The summed E-state index contributed by atoms with van der Waals surface area (Å²) in [5.74, 6) is 0.528. The first-order valence-corrected chi connectivity index (χ1v) is 4.63. The smallest absolute Gasteiger partial charge is 0.245 e. The number of allylic oxidation sites excluding steroid dienone is 2. The molecule has 0 aliphatic carbocycles.